The van der Waals surface area contributed by atoms with Crippen molar-refractivity contribution in [3.05, 3.63) is 36.1 Å². The molecule has 0 amide bonds. The van der Waals surface area contributed by atoms with E-state index in [1.54, 1.807) is 6.26 Å². The quantitative estimate of drug-likeness (QED) is 0.860. The maximum Gasteiger partial charge on any atom is 0.311 e. The van der Waals surface area contributed by atoms with Crippen molar-refractivity contribution in [3.8, 4) is 0 Å². The maximum atomic E-state index is 11.3. The van der Waals surface area contributed by atoms with Crippen molar-refractivity contribution in [3.63, 3.8) is 0 Å². The molecular weight excluding hydrogens is 204 g/mol. The second-order valence-electron chi connectivity index (χ2n) is 4.24. The molecule has 1 unspecified atom stereocenters. The van der Waals surface area contributed by atoms with E-state index in [1.165, 1.54) is 0 Å². The molecule has 1 N–H and O–H groups in total. The zero-order chi connectivity index (χ0) is 11.7. The van der Waals surface area contributed by atoms with E-state index in [1.807, 2.05) is 38.1 Å². The molecule has 0 spiro atoms. The number of hydrogen-bond donors (Lipinski definition) is 1. The van der Waals surface area contributed by atoms with Crippen LogP contribution in [-0.4, -0.2) is 11.1 Å². The van der Waals surface area contributed by atoms with Crippen LogP contribution in [0.25, 0.3) is 11.0 Å². The molecular formula is C13H14O3. The highest BCUT2D eigenvalue weighted by molar-refractivity contribution is 5.88. The number of rotatable bonds is 3. The number of aliphatic carboxylic acids is 1. The van der Waals surface area contributed by atoms with E-state index in [2.05, 4.69) is 0 Å². The monoisotopic (exact) mass is 218 g/mol. The highest BCUT2D eigenvalue weighted by atomic mass is 16.4. The lowest BCUT2D eigenvalue weighted by molar-refractivity contribution is -0.139. The Labute approximate surface area is 93.7 Å². The van der Waals surface area contributed by atoms with Gasteiger partial charge in [-0.3, -0.25) is 4.79 Å². The van der Waals surface area contributed by atoms with E-state index in [4.69, 9.17) is 4.42 Å². The third-order valence-electron chi connectivity index (χ3n) is 2.80. The van der Waals surface area contributed by atoms with E-state index in [0.29, 0.717) is 0 Å². The van der Waals surface area contributed by atoms with Crippen molar-refractivity contribution in [2.24, 2.45) is 5.92 Å². The molecule has 0 aliphatic rings. The number of hydrogen-bond acceptors (Lipinski definition) is 2. The van der Waals surface area contributed by atoms with E-state index in [0.717, 1.165) is 16.5 Å². The maximum absolute atomic E-state index is 11.3. The Morgan fingerprint density at radius 3 is 2.69 bits per heavy atom. The molecule has 16 heavy (non-hydrogen) atoms. The van der Waals surface area contributed by atoms with E-state index < -0.39 is 11.9 Å². The van der Waals surface area contributed by atoms with Crippen molar-refractivity contribution >= 4 is 16.9 Å². The van der Waals surface area contributed by atoms with Crippen molar-refractivity contribution in [2.45, 2.75) is 19.8 Å². The normalized spacial score (nSPS) is 13.2. The van der Waals surface area contributed by atoms with Crippen LogP contribution in [0.1, 0.15) is 25.3 Å². The molecule has 0 bridgehead atoms. The zero-order valence-corrected chi connectivity index (χ0v) is 9.31. The van der Waals surface area contributed by atoms with Crippen LogP contribution in [0, 0.1) is 5.92 Å². The summed E-state index contributed by atoms with van der Waals surface area (Å²) in [7, 11) is 0. The Kier molecular flexibility index (Phi) is 2.69. The summed E-state index contributed by atoms with van der Waals surface area (Å²) in [4.78, 5) is 11.3. The molecule has 1 heterocycles. The Bertz CT molecular complexity index is 511. The Morgan fingerprint density at radius 1 is 1.31 bits per heavy atom. The molecule has 0 aliphatic heterocycles. The molecule has 0 saturated carbocycles. The number of furan rings is 1. The summed E-state index contributed by atoms with van der Waals surface area (Å²) in [6, 6.07) is 7.36. The molecule has 3 nitrogen and oxygen atoms in total. The van der Waals surface area contributed by atoms with Crippen LogP contribution in [0.5, 0.6) is 0 Å². The van der Waals surface area contributed by atoms with Gasteiger partial charge in [-0.2, -0.15) is 0 Å². The lowest BCUT2D eigenvalue weighted by Crippen LogP contribution is -2.17. The molecule has 3 heteroatoms. The van der Waals surface area contributed by atoms with Crippen LogP contribution < -0.4 is 0 Å². The minimum absolute atomic E-state index is 0.0537. The van der Waals surface area contributed by atoms with Crippen LogP contribution in [0.3, 0.4) is 0 Å². The first-order valence-electron chi connectivity index (χ1n) is 5.30. The predicted octanol–water partition coefficient (Wildman–Crippen LogP) is 3.26. The Hall–Kier alpha value is -1.77. The van der Waals surface area contributed by atoms with Gasteiger partial charge in [-0.05, 0) is 23.6 Å². The molecule has 0 aliphatic carbocycles. The van der Waals surface area contributed by atoms with Gasteiger partial charge in [-0.25, -0.2) is 0 Å². The second kappa shape index (κ2) is 4.00. The largest absolute Gasteiger partial charge is 0.481 e. The lowest BCUT2D eigenvalue weighted by atomic mass is 9.87. The fourth-order valence-electron chi connectivity index (χ4n) is 2.07. The third-order valence-corrected chi connectivity index (χ3v) is 2.80. The molecule has 0 radical (unpaired) electrons. The smallest absolute Gasteiger partial charge is 0.311 e. The number of carboxylic acids is 1. The van der Waals surface area contributed by atoms with Crippen molar-refractivity contribution in [2.75, 3.05) is 0 Å². The van der Waals surface area contributed by atoms with Crippen molar-refractivity contribution in [1.82, 2.24) is 0 Å². The highest BCUT2D eigenvalue weighted by Gasteiger charge is 2.25. The first-order chi connectivity index (χ1) is 7.61. The summed E-state index contributed by atoms with van der Waals surface area (Å²) < 4.78 is 5.28. The third kappa shape index (κ3) is 1.69. The van der Waals surface area contributed by atoms with Crippen molar-refractivity contribution < 1.29 is 14.3 Å². The van der Waals surface area contributed by atoms with Crippen LogP contribution in [0.2, 0.25) is 0 Å². The average molecular weight is 218 g/mol. The summed E-state index contributed by atoms with van der Waals surface area (Å²) >= 11 is 0. The van der Waals surface area contributed by atoms with Gasteiger partial charge in [0.1, 0.15) is 5.58 Å². The standard InChI is InChI=1S/C13H14O3/c1-8(2)12(13(14)15)10-4-3-5-11-9(10)6-7-16-11/h3-8,12H,1-2H3,(H,14,15). The van der Waals surface area contributed by atoms with Crippen LogP contribution in [0.15, 0.2) is 34.9 Å². The minimum Gasteiger partial charge on any atom is -0.481 e. The molecule has 1 atom stereocenters. The second-order valence-corrected chi connectivity index (χ2v) is 4.24. The van der Waals surface area contributed by atoms with Crippen LogP contribution >= 0.6 is 0 Å². The van der Waals surface area contributed by atoms with E-state index >= 15 is 0 Å². The first-order valence-corrected chi connectivity index (χ1v) is 5.30. The van der Waals surface area contributed by atoms with Gasteiger partial charge in [0.2, 0.25) is 0 Å². The number of carboxylic acid groups (broad SMARTS) is 1. The molecule has 1 aromatic heterocycles. The van der Waals surface area contributed by atoms with Gasteiger partial charge >= 0.3 is 5.97 Å². The summed E-state index contributed by atoms with van der Waals surface area (Å²) in [5.74, 6) is -1.22. The zero-order valence-electron chi connectivity index (χ0n) is 9.31. The number of benzene rings is 1. The minimum atomic E-state index is -0.788. The van der Waals surface area contributed by atoms with E-state index in [-0.39, 0.29) is 5.92 Å². The molecule has 84 valence electrons. The Balaban J connectivity index is 2.60. The fraction of sp³-hybridized carbons (Fsp3) is 0.308. The first kappa shape index (κ1) is 10.7. The van der Waals surface area contributed by atoms with Gasteiger partial charge in [0.15, 0.2) is 0 Å². The van der Waals surface area contributed by atoms with Gasteiger partial charge < -0.3 is 9.52 Å². The van der Waals surface area contributed by atoms with Gasteiger partial charge in [0.25, 0.3) is 0 Å². The molecule has 2 aromatic rings. The summed E-state index contributed by atoms with van der Waals surface area (Å²) in [6.07, 6.45) is 1.59. The van der Waals surface area contributed by atoms with Crippen LogP contribution in [0.4, 0.5) is 0 Å². The lowest BCUT2D eigenvalue weighted by Gasteiger charge is -2.17. The average Bonchev–Trinajstić information content (AvgIpc) is 2.65. The highest BCUT2D eigenvalue weighted by Crippen LogP contribution is 2.31. The topological polar surface area (TPSA) is 50.4 Å². The van der Waals surface area contributed by atoms with E-state index in [9.17, 15) is 9.90 Å². The van der Waals surface area contributed by atoms with Gasteiger partial charge in [-0.15, -0.1) is 0 Å². The SMILES string of the molecule is CC(C)C(C(=O)O)c1cccc2occc12. The summed E-state index contributed by atoms with van der Waals surface area (Å²) in [5.41, 5.74) is 1.57. The van der Waals surface area contributed by atoms with Gasteiger partial charge in [0, 0.05) is 5.39 Å². The molecule has 1 aromatic carbocycles. The van der Waals surface area contributed by atoms with Crippen LogP contribution in [-0.2, 0) is 4.79 Å². The van der Waals surface area contributed by atoms with Gasteiger partial charge in [-0.1, -0.05) is 26.0 Å². The number of fused-ring (bicyclic) bond motifs is 1. The van der Waals surface area contributed by atoms with Gasteiger partial charge in [0.05, 0.1) is 12.2 Å². The van der Waals surface area contributed by atoms with Crippen molar-refractivity contribution in [1.29, 1.82) is 0 Å². The number of carbonyl (C=O) groups is 1. The molecule has 0 fully saturated rings. The molecule has 0 saturated heterocycles. The summed E-state index contributed by atoms with van der Waals surface area (Å²) in [5, 5.41) is 10.2. The predicted molar refractivity (Wildman–Crippen MR) is 61.4 cm³/mol. The summed E-state index contributed by atoms with van der Waals surface area (Å²) in [6.45, 7) is 3.83. The molecule has 2 rings (SSSR count). The Morgan fingerprint density at radius 2 is 2.06 bits per heavy atom. The fourth-order valence-corrected chi connectivity index (χ4v) is 2.07.